The molecule has 7 heteroatoms. The van der Waals surface area contributed by atoms with Gasteiger partial charge in [0.1, 0.15) is 11.9 Å². The first-order chi connectivity index (χ1) is 15.2. The van der Waals surface area contributed by atoms with E-state index in [4.69, 9.17) is 9.47 Å². The molecule has 0 aliphatic carbocycles. The summed E-state index contributed by atoms with van der Waals surface area (Å²) in [6, 6.07) is 12.2. The summed E-state index contributed by atoms with van der Waals surface area (Å²) >= 11 is 0. The van der Waals surface area contributed by atoms with E-state index in [1.165, 1.54) is 0 Å². The Morgan fingerprint density at radius 1 is 1.19 bits per heavy atom. The number of H-pyrrole nitrogens is 1. The Bertz CT molecular complexity index is 1120. The van der Waals surface area contributed by atoms with Crippen LogP contribution in [-0.2, 0) is 4.74 Å². The van der Waals surface area contributed by atoms with Crippen LogP contribution in [0.15, 0.2) is 42.6 Å². The number of alkyl carbamates (subject to hydrolysis) is 1. The Morgan fingerprint density at radius 2 is 2.10 bits per heavy atom. The molecule has 3 fully saturated rings. The molecule has 31 heavy (non-hydrogen) atoms. The van der Waals surface area contributed by atoms with Crippen molar-refractivity contribution in [1.82, 2.24) is 20.4 Å². The summed E-state index contributed by atoms with van der Waals surface area (Å²) in [7, 11) is 0. The van der Waals surface area contributed by atoms with Gasteiger partial charge in [0.15, 0.2) is 0 Å². The molecule has 3 saturated heterocycles. The fourth-order valence-electron chi connectivity index (χ4n) is 5.27. The smallest absolute Gasteiger partial charge is 0.407 e. The number of para-hydroxylation sites is 1. The highest BCUT2D eigenvalue weighted by atomic mass is 16.6. The second-order valence-corrected chi connectivity index (χ2v) is 8.81. The lowest BCUT2D eigenvalue weighted by atomic mass is 9.86. The number of rotatable bonds is 3. The van der Waals surface area contributed by atoms with Crippen molar-refractivity contribution in [3.63, 3.8) is 0 Å². The molecule has 1 unspecified atom stereocenters. The normalized spacial score (nSPS) is 26.8. The van der Waals surface area contributed by atoms with Crippen molar-refractivity contribution in [3.05, 3.63) is 48.2 Å². The number of benzene rings is 2. The summed E-state index contributed by atoms with van der Waals surface area (Å²) in [5.41, 5.74) is 4.15. The van der Waals surface area contributed by atoms with Gasteiger partial charge in [-0.15, -0.1) is 0 Å². The number of amides is 1. The van der Waals surface area contributed by atoms with Gasteiger partial charge in [0, 0.05) is 29.5 Å². The molecule has 4 aliphatic heterocycles. The van der Waals surface area contributed by atoms with E-state index in [0.29, 0.717) is 12.5 Å². The van der Waals surface area contributed by atoms with Crippen LogP contribution in [0.4, 0.5) is 4.79 Å². The second kappa shape index (κ2) is 7.57. The number of hydrogen-bond donors (Lipinski definition) is 2. The Morgan fingerprint density at radius 3 is 2.94 bits per heavy atom. The van der Waals surface area contributed by atoms with Crippen LogP contribution in [0.3, 0.4) is 0 Å². The topological polar surface area (TPSA) is 79.5 Å². The maximum absolute atomic E-state index is 12.7. The summed E-state index contributed by atoms with van der Waals surface area (Å²) in [6.45, 7) is 3.70. The molecular weight excluding hydrogens is 392 g/mol. The van der Waals surface area contributed by atoms with Crippen molar-refractivity contribution >= 4 is 17.0 Å². The summed E-state index contributed by atoms with van der Waals surface area (Å²) < 4.78 is 11.8. The summed E-state index contributed by atoms with van der Waals surface area (Å²) in [5, 5.41) is 11.4. The van der Waals surface area contributed by atoms with Crippen LogP contribution >= 0.6 is 0 Å². The Balaban J connectivity index is 1.20. The zero-order chi connectivity index (χ0) is 20.8. The molecule has 5 heterocycles. The Hall–Kier alpha value is -3.06. The molecule has 4 aliphatic rings. The predicted octanol–water partition coefficient (Wildman–Crippen LogP) is 3.87. The highest BCUT2D eigenvalue weighted by Gasteiger charge is 2.37. The molecule has 7 nitrogen and oxygen atoms in total. The van der Waals surface area contributed by atoms with Gasteiger partial charge >= 0.3 is 6.09 Å². The van der Waals surface area contributed by atoms with E-state index < -0.39 is 0 Å². The van der Waals surface area contributed by atoms with Crippen LogP contribution in [0, 0.1) is 5.92 Å². The lowest BCUT2D eigenvalue weighted by Gasteiger charge is -2.44. The molecule has 160 valence electrons. The maximum atomic E-state index is 12.7. The lowest BCUT2D eigenvalue weighted by Crippen LogP contribution is -2.52. The fourth-order valence-corrected chi connectivity index (χ4v) is 5.27. The van der Waals surface area contributed by atoms with Crippen molar-refractivity contribution in [2.75, 3.05) is 26.2 Å². The zero-order valence-corrected chi connectivity index (χ0v) is 17.3. The Labute approximate surface area is 180 Å². The van der Waals surface area contributed by atoms with Crippen molar-refractivity contribution < 1.29 is 14.3 Å². The number of ether oxygens (including phenoxy) is 2. The molecule has 0 spiro atoms. The average Bonchev–Trinajstić information content (AvgIpc) is 3.29. The van der Waals surface area contributed by atoms with Crippen LogP contribution in [0.5, 0.6) is 5.75 Å². The highest BCUT2D eigenvalue weighted by Crippen LogP contribution is 2.37. The molecule has 0 radical (unpaired) electrons. The molecule has 1 amide bonds. The van der Waals surface area contributed by atoms with E-state index in [0.717, 1.165) is 72.2 Å². The third-order valence-electron chi connectivity index (χ3n) is 6.99. The number of nitrogens with zero attached hydrogens (tertiary/aromatic N) is 2. The van der Waals surface area contributed by atoms with Crippen LogP contribution in [-0.4, -0.2) is 53.5 Å². The monoisotopic (exact) mass is 418 g/mol. The van der Waals surface area contributed by atoms with E-state index >= 15 is 0 Å². The van der Waals surface area contributed by atoms with Crippen LogP contribution in [0.2, 0.25) is 0 Å². The van der Waals surface area contributed by atoms with Gasteiger partial charge in [0.25, 0.3) is 0 Å². The van der Waals surface area contributed by atoms with E-state index in [9.17, 15) is 4.79 Å². The maximum Gasteiger partial charge on any atom is 0.407 e. The minimum absolute atomic E-state index is 0.0130. The van der Waals surface area contributed by atoms with Crippen LogP contribution in [0.25, 0.3) is 22.0 Å². The van der Waals surface area contributed by atoms with E-state index in [1.807, 2.05) is 18.3 Å². The third kappa shape index (κ3) is 3.43. The average molecular weight is 418 g/mol. The molecular formula is C24H26N4O3. The molecule has 0 saturated carbocycles. The second-order valence-electron chi connectivity index (χ2n) is 8.81. The standard InChI is InChI=1S/C24H26N4O3/c29-24(31-22-14-28-9-6-15(22)7-10-28)26-20-8-11-30-21-12-16(4-5-19(20)21)18-3-1-2-17-13-25-27-23(17)18/h1-5,12-13,15,20,22H,6-11,14H2,(H,25,27)(H,26,29)/t20?,22-/m1/s1. The first-order valence-corrected chi connectivity index (χ1v) is 11.1. The Kier molecular flexibility index (Phi) is 4.56. The number of hydrogen-bond acceptors (Lipinski definition) is 5. The minimum atomic E-state index is -0.317. The molecule has 2 bridgehead atoms. The number of carbonyl (C=O) groups is 1. The van der Waals surface area contributed by atoms with E-state index in [-0.39, 0.29) is 18.2 Å². The van der Waals surface area contributed by atoms with E-state index in [1.54, 1.807) is 0 Å². The zero-order valence-electron chi connectivity index (χ0n) is 17.3. The van der Waals surface area contributed by atoms with Crippen LogP contribution in [0.1, 0.15) is 30.9 Å². The largest absolute Gasteiger partial charge is 0.493 e. The number of aromatic amines is 1. The number of aromatic nitrogens is 2. The van der Waals surface area contributed by atoms with Crippen molar-refractivity contribution in [2.24, 2.45) is 5.92 Å². The van der Waals surface area contributed by atoms with Gasteiger partial charge in [0.05, 0.1) is 24.4 Å². The number of nitrogens with one attached hydrogen (secondary N) is 2. The minimum Gasteiger partial charge on any atom is -0.493 e. The van der Waals surface area contributed by atoms with Crippen molar-refractivity contribution in [3.8, 4) is 16.9 Å². The molecule has 2 atom stereocenters. The van der Waals surface area contributed by atoms with Gasteiger partial charge in [-0.2, -0.15) is 5.10 Å². The van der Waals surface area contributed by atoms with Gasteiger partial charge in [-0.3, -0.25) is 10.00 Å². The first kappa shape index (κ1) is 18.7. The van der Waals surface area contributed by atoms with Gasteiger partial charge in [-0.1, -0.05) is 30.3 Å². The quantitative estimate of drug-likeness (QED) is 0.675. The van der Waals surface area contributed by atoms with Crippen LogP contribution < -0.4 is 10.1 Å². The summed E-state index contributed by atoms with van der Waals surface area (Å²) in [6.07, 6.45) is 4.52. The lowest BCUT2D eigenvalue weighted by molar-refractivity contribution is -0.0342. The number of carbonyl (C=O) groups excluding carboxylic acids is 1. The highest BCUT2D eigenvalue weighted by molar-refractivity contribution is 5.93. The third-order valence-corrected chi connectivity index (χ3v) is 6.99. The van der Waals surface area contributed by atoms with Gasteiger partial charge < -0.3 is 14.8 Å². The fraction of sp³-hybridized carbons (Fsp3) is 0.417. The predicted molar refractivity (Wildman–Crippen MR) is 117 cm³/mol. The number of fused-ring (bicyclic) bond motifs is 5. The molecule has 2 aromatic carbocycles. The first-order valence-electron chi connectivity index (χ1n) is 11.1. The molecule has 1 aromatic heterocycles. The summed E-state index contributed by atoms with van der Waals surface area (Å²) in [5.74, 6) is 1.32. The van der Waals surface area contributed by atoms with Gasteiger partial charge in [-0.25, -0.2) is 4.79 Å². The number of piperidine rings is 3. The SMILES string of the molecule is O=C(NC1CCOc2cc(-c3cccc4cn[nH]c34)ccc21)O[C@@H]1CN2CCC1CC2. The van der Waals surface area contributed by atoms with Crippen molar-refractivity contribution in [2.45, 2.75) is 31.4 Å². The van der Waals surface area contributed by atoms with Gasteiger partial charge in [-0.05, 0) is 43.5 Å². The van der Waals surface area contributed by atoms with E-state index in [2.05, 4.69) is 44.7 Å². The molecule has 3 aromatic rings. The van der Waals surface area contributed by atoms with Crippen molar-refractivity contribution in [1.29, 1.82) is 0 Å². The molecule has 2 N–H and O–H groups in total. The summed E-state index contributed by atoms with van der Waals surface area (Å²) in [4.78, 5) is 15.1. The van der Waals surface area contributed by atoms with Gasteiger partial charge in [0.2, 0.25) is 0 Å². The molecule has 7 rings (SSSR count).